The molecule has 0 fully saturated rings. The van der Waals surface area contributed by atoms with E-state index >= 15 is 0 Å². The first-order valence-electron chi connectivity index (χ1n) is 5.32. The summed E-state index contributed by atoms with van der Waals surface area (Å²) < 4.78 is 0. The average Bonchev–Trinajstić information content (AvgIpc) is 2.31. The van der Waals surface area contributed by atoms with Crippen LogP contribution < -0.4 is 15.5 Å². The molecule has 0 saturated heterocycles. The van der Waals surface area contributed by atoms with E-state index in [9.17, 15) is 0 Å². The van der Waals surface area contributed by atoms with Gasteiger partial charge >= 0.3 is 0 Å². The van der Waals surface area contributed by atoms with E-state index in [4.69, 9.17) is 0 Å². The van der Waals surface area contributed by atoms with Crippen molar-refractivity contribution in [3.8, 4) is 0 Å². The summed E-state index contributed by atoms with van der Waals surface area (Å²) in [5.74, 6) is 0.801. The smallest absolute Gasteiger partial charge is 0.190 e. The van der Waals surface area contributed by atoms with Gasteiger partial charge in [-0.05, 0) is 17.7 Å². The molecule has 0 amide bonds. The Kier molecular flexibility index (Phi) is 7.69. The maximum absolute atomic E-state index is 4.06. The van der Waals surface area contributed by atoms with Gasteiger partial charge in [0.25, 0.3) is 0 Å². The predicted molar refractivity (Wildman–Crippen MR) is 85.4 cm³/mol. The Morgan fingerprint density at radius 1 is 1.35 bits per heavy atom. The van der Waals surface area contributed by atoms with Crippen molar-refractivity contribution in [1.29, 1.82) is 0 Å². The molecule has 0 radical (unpaired) electrons. The molecule has 17 heavy (non-hydrogen) atoms. The number of nitrogens with zero attached hydrogens (tertiary/aromatic N) is 2. The third-order valence-electron chi connectivity index (χ3n) is 2.35. The van der Waals surface area contributed by atoms with Gasteiger partial charge in [0.15, 0.2) is 5.96 Å². The number of hydrogen-bond acceptors (Lipinski definition) is 2. The minimum Gasteiger partial charge on any atom is -0.378 e. The molecule has 5 heteroatoms. The maximum Gasteiger partial charge on any atom is 0.190 e. The van der Waals surface area contributed by atoms with Gasteiger partial charge in [-0.2, -0.15) is 0 Å². The van der Waals surface area contributed by atoms with Crippen molar-refractivity contribution in [2.75, 3.05) is 33.1 Å². The second-order valence-electron chi connectivity index (χ2n) is 3.74. The molecule has 1 aromatic rings. The van der Waals surface area contributed by atoms with Crippen LogP contribution in [0.25, 0.3) is 0 Å². The molecule has 0 heterocycles. The summed E-state index contributed by atoms with van der Waals surface area (Å²) >= 11 is 0. The number of hydrogen-bond donors (Lipinski definition) is 2. The molecule has 0 spiro atoms. The zero-order valence-electron chi connectivity index (χ0n) is 10.8. The lowest BCUT2D eigenvalue weighted by Crippen LogP contribution is -2.34. The Bertz CT molecular complexity index is 363. The summed E-state index contributed by atoms with van der Waals surface area (Å²) in [4.78, 5) is 6.16. The molecule has 0 atom stereocenters. The summed E-state index contributed by atoms with van der Waals surface area (Å²) in [7, 11) is 7.69. The van der Waals surface area contributed by atoms with Crippen molar-refractivity contribution < 1.29 is 0 Å². The Morgan fingerprint density at radius 2 is 2.06 bits per heavy atom. The van der Waals surface area contributed by atoms with Crippen molar-refractivity contribution in [1.82, 2.24) is 10.6 Å². The van der Waals surface area contributed by atoms with E-state index in [2.05, 4.69) is 44.8 Å². The second-order valence-corrected chi connectivity index (χ2v) is 3.74. The number of rotatable bonds is 3. The average molecular weight is 348 g/mol. The van der Waals surface area contributed by atoms with Crippen molar-refractivity contribution in [3.05, 3.63) is 29.8 Å². The number of benzene rings is 1. The lowest BCUT2D eigenvalue weighted by Gasteiger charge is -2.14. The van der Waals surface area contributed by atoms with E-state index in [0.717, 1.165) is 12.5 Å². The normalized spacial score (nSPS) is 10.5. The lowest BCUT2D eigenvalue weighted by atomic mass is 10.2. The highest BCUT2D eigenvalue weighted by molar-refractivity contribution is 14.0. The summed E-state index contributed by atoms with van der Waals surface area (Å²) in [6.07, 6.45) is 0. The van der Waals surface area contributed by atoms with Crippen LogP contribution in [0.4, 0.5) is 5.69 Å². The molecule has 0 saturated carbocycles. The zero-order valence-corrected chi connectivity index (χ0v) is 13.1. The van der Waals surface area contributed by atoms with Crippen LogP contribution in [0.2, 0.25) is 0 Å². The van der Waals surface area contributed by atoms with Crippen LogP contribution in [0.5, 0.6) is 0 Å². The highest BCUT2D eigenvalue weighted by atomic mass is 127. The first-order valence-corrected chi connectivity index (χ1v) is 5.32. The standard InChI is InChI=1S/C12H20N4.HI/c1-13-12(14-2)15-9-10-6-5-7-11(8-10)16(3)4;/h5-8H,9H2,1-4H3,(H2,13,14,15);1H. The van der Waals surface area contributed by atoms with E-state index in [0.29, 0.717) is 0 Å². The number of aliphatic imine (C=N–C) groups is 1. The third-order valence-corrected chi connectivity index (χ3v) is 2.35. The van der Waals surface area contributed by atoms with Gasteiger partial charge in [-0.25, -0.2) is 0 Å². The fourth-order valence-electron chi connectivity index (χ4n) is 1.41. The van der Waals surface area contributed by atoms with Crippen LogP contribution in [0.15, 0.2) is 29.3 Å². The van der Waals surface area contributed by atoms with E-state index < -0.39 is 0 Å². The van der Waals surface area contributed by atoms with Gasteiger partial charge in [-0.15, -0.1) is 24.0 Å². The maximum atomic E-state index is 4.06. The molecule has 0 aliphatic rings. The molecule has 96 valence electrons. The predicted octanol–water partition coefficient (Wildman–Crippen LogP) is 1.67. The molecule has 0 bridgehead atoms. The van der Waals surface area contributed by atoms with Gasteiger partial charge in [0, 0.05) is 40.4 Å². The third kappa shape index (κ3) is 5.25. The highest BCUT2D eigenvalue weighted by Crippen LogP contribution is 2.12. The molecule has 1 rings (SSSR count). The first-order chi connectivity index (χ1) is 7.67. The van der Waals surface area contributed by atoms with Gasteiger partial charge in [0.1, 0.15) is 0 Å². The first kappa shape index (κ1) is 16.0. The topological polar surface area (TPSA) is 39.7 Å². The SMILES string of the molecule is CN=C(NC)NCc1cccc(N(C)C)c1.I. The zero-order chi connectivity index (χ0) is 12.0. The Balaban J connectivity index is 0.00000256. The van der Waals surface area contributed by atoms with Crippen LogP contribution in [-0.4, -0.2) is 34.2 Å². The van der Waals surface area contributed by atoms with Crippen molar-refractivity contribution >= 4 is 35.6 Å². The van der Waals surface area contributed by atoms with Crippen molar-refractivity contribution in [3.63, 3.8) is 0 Å². The van der Waals surface area contributed by atoms with Gasteiger partial charge in [0.05, 0.1) is 0 Å². The van der Waals surface area contributed by atoms with Crippen molar-refractivity contribution in [2.24, 2.45) is 4.99 Å². The molecular weight excluding hydrogens is 327 g/mol. The number of guanidine groups is 1. The Labute approximate surface area is 121 Å². The van der Waals surface area contributed by atoms with E-state index in [1.165, 1.54) is 11.3 Å². The molecule has 4 nitrogen and oxygen atoms in total. The summed E-state index contributed by atoms with van der Waals surface area (Å²) in [6, 6.07) is 8.42. The van der Waals surface area contributed by atoms with Crippen molar-refractivity contribution in [2.45, 2.75) is 6.54 Å². The molecule has 2 N–H and O–H groups in total. The molecule has 0 aliphatic heterocycles. The van der Waals surface area contributed by atoms with E-state index in [-0.39, 0.29) is 24.0 Å². The monoisotopic (exact) mass is 348 g/mol. The fourth-order valence-corrected chi connectivity index (χ4v) is 1.41. The van der Waals surface area contributed by atoms with Gasteiger partial charge in [-0.1, -0.05) is 12.1 Å². The second kappa shape index (κ2) is 8.16. The van der Waals surface area contributed by atoms with Gasteiger partial charge < -0.3 is 15.5 Å². The molecule has 1 aromatic carbocycles. The molecule has 0 aromatic heterocycles. The highest BCUT2D eigenvalue weighted by Gasteiger charge is 1.98. The Hall–Kier alpha value is -0.980. The summed E-state index contributed by atoms with van der Waals surface area (Å²) in [5, 5.41) is 6.21. The number of halogens is 1. The fraction of sp³-hybridized carbons (Fsp3) is 0.417. The minimum absolute atomic E-state index is 0. The summed E-state index contributed by atoms with van der Waals surface area (Å²) in [5.41, 5.74) is 2.45. The van der Waals surface area contributed by atoms with Crippen LogP contribution in [0.3, 0.4) is 0 Å². The lowest BCUT2D eigenvalue weighted by molar-refractivity contribution is 0.865. The van der Waals surface area contributed by atoms with E-state index in [1.807, 2.05) is 21.1 Å². The molecule has 0 unspecified atom stereocenters. The quantitative estimate of drug-likeness (QED) is 0.496. The Morgan fingerprint density at radius 3 is 2.59 bits per heavy atom. The van der Waals surface area contributed by atoms with Crippen LogP contribution >= 0.6 is 24.0 Å². The van der Waals surface area contributed by atoms with Crippen LogP contribution in [-0.2, 0) is 6.54 Å². The summed E-state index contributed by atoms with van der Waals surface area (Å²) in [6.45, 7) is 0.773. The largest absolute Gasteiger partial charge is 0.378 e. The number of nitrogens with one attached hydrogen (secondary N) is 2. The van der Waals surface area contributed by atoms with Crippen LogP contribution in [0.1, 0.15) is 5.56 Å². The van der Waals surface area contributed by atoms with E-state index in [1.54, 1.807) is 7.05 Å². The van der Waals surface area contributed by atoms with Gasteiger partial charge in [-0.3, -0.25) is 4.99 Å². The minimum atomic E-state index is 0. The molecule has 0 aliphatic carbocycles. The molecular formula is C12H21IN4. The van der Waals surface area contributed by atoms with Gasteiger partial charge in [0.2, 0.25) is 0 Å². The van der Waals surface area contributed by atoms with Crippen LogP contribution in [0, 0.1) is 0 Å². The number of anilines is 1.